The van der Waals surface area contributed by atoms with E-state index in [1.165, 1.54) is 27.9 Å². The summed E-state index contributed by atoms with van der Waals surface area (Å²) in [4.78, 5) is 21.3. The Kier molecular flexibility index (Phi) is 5.15. The Bertz CT molecular complexity index is 1580. The van der Waals surface area contributed by atoms with Crippen molar-refractivity contribution in [2.24, 2.45) is 10.1 Å². The molecular weight excluding hydrogens is 456 g/mol. The fourth-order valence-electron chi connectivity index (χ4n) is 4.16. The molecule has 1 N–H and O–H groups in total. The number of rotatable bonds is 4. The molecule has 1 amide bonds. The van der Waals surface area contributed by atoms with Crippen molar-refractivity contribution in [3.63, 3.8) is 0 Å². The molecule has 4 heterocycles. The maximum Gasteiger partial charge on any atom is 0.283 e. The predicted molar refractivity (Wildman–Crippen MR) is 141 cm³/mol. The van der Waals surface area contributed by atoms with E-state index in [2.05, 4.69) is 56.9 Å². The fraction of sp³-hybridized carbons (Fsp3) is 0.0741. The summed E-state index contributed by atoms with van der Waals surface area (Å²) in [5.74, 6) is -0.423. The number of aliphatic imine (C=N–C) groups is 1. The molecule has 8 heteroatoms. The number of thioether (sulfide) groups is 1. The van der Waals surface area contributed by atoms with Crippen LogP contribution in [-0.4, -0.2) is 36.5 Å². The van der Waals surface area contributed by atoms with E-state index in [9.17, 15) is 4.79 Å². The van der Waals surface area contributed by atoms with E-state index in [-0.39, 0.29) is 11.4 Å². The Morgan fingerprint density at radius 2 is 1.89 bits per heavy atom. The van der Waals surface area contributed by atoms with Crippen LogP contribution in [0.25, 0.3) is 17.0 Å². The third-order valence-corrected chi connectivity index (χ3v) is 6.91. The van der Waals surface area contributed by atoms with Crippen LogP contribution in [0.4, 0.5) is 0 Å². The standard InChI is InChI=1S/C27H20N6OS/c1-17-8-10-18(11-9-17)15-32-16-20(21-6-2-3-7-23(21)32)13-22-24(28)33-27(30-25(22)34)35-26(31-33)19-5-4-12-29-14-19/h2-14,16,28H,15H2,1H3/b22-13-,28-24?. The molecule has 2 aliphatic rings. The molecule has 2 aromatic carbocycles. The molecule has 0 radical (unpaired) electrons. The molecule has 170 valence electrons. The van der Waals surface area contributed by atoms with Crippen LogP contribution < -0.4 is 0 Å². The lowest BCUT2D eigenvalue weighted by molar-refractivity contribution is -0.114. The van der Waals surface area contributed by atoms with E-state index < -0.39 is 5.91 Å². The first-order chi connectivity index (χ1) is 17.1. The average Bonchev–Trinajstić information content (AvgIpc) is 3.46. The zero-order chi connectivity index (χ0) is 23.9. The van der Waals surface area contributed by atoms with Gasteiger partial charge in [-0.1, -0.05) is 48.0 Å². The van der Waals surface area contributed by atoms with Gasteiger partial charge in [0.2, 0.25) is 5.17 Å². The van der Waals surface area contributed by atoms with Crippen LogP contribution in [0.3, 0.4) is 0 Å². The van der Waals surface area contributed by atoms with Gasteiger partial charge in [0.05, 0.1) is 5.57 Å². The summed E-state index contributed by atoms with van der Waals surface area (Å²) in [7, 11) is 0. The lowest BCUT2D eigenvalue weighted by Gasteiger charge is -2.20. The smallest absolute Gasteiger partial charge is 0.283 e. The van der Waals surface area contributed by atoms with Crippen molar-refractivity contribution in [3.8, 4) is 0 Å². The molecule has 0 fully saturated rings. The van der Waals surface area contributed by atoms with E-state index >= 15 is 0 Å². The number of amides is 1. The van der Waals surface area contributed by atoms with Crippen molar-refractivity contribution >= 4 is 50.7 Å². The molecule has 7 nitrogen and oxygen atoms in total. The second-order valence-corrected chi connectivity index (χ2v) is 9.34. The van der Waals surface area contributed by atoms with Gasteiger partial charge >= 0.3 is 0 Å². The van der Waals surface area contributed by atoms with Crippen LogP contribution in [0.5, 0.6) is 0 Å². The summed E-state index contributed by atoms with van der Waals surface area (Å²) in [6.07, 6.45) is 7.17. The van der Waals surface area contributed by atoms with Crippen molar-refractivity contribution in [2.45, 2.75) is 13.5 Å². The number of fused-ring (bicyclic) bond motifs is 2. The van der Waals surface area contributed by atoms with Gasteiger partial charge in [-0.05, 0) is 48.5 Å². The molecule has 6 rings (SSSR count). The fourth-order valence-corrected chi connectivity index (χ4v) is 5.05. The first-order valence-corrected chi connectivity index (χ1v) is 11.9. The number of hydrogen-bond donors (Lipinski definition) is 1. The largest absolute Gasteiger partial charge is 0.342 e. The number of aryl methyl sites for hydroxylation is 1. The molecule has 2 aromatic heterocycles. The Labute approximate surface area is 206 Å². The van der Waals surface area contributed by atoms with Gasteiger partial charge in [0.25, 0.3) is 5.91 Å². The van der Waals surface area contributed by atoms with Gasteiger partial charge in [-0.25, -0.2) is 0 Å². The second kappa shape index (κ2) is 8.48. The third-order valence-electron chi connectivity index (χ3n) is 5.96. The minimum Gasteiger partial charge on any atom is -0.342 e. The van der Waals surface area contributed by atoms with E-state index in [0.717, 1.165) is 22.0 Å². The molecule has 0 bridgehead atoms. The number of amidine groups is 2. The molecule has 2 aliphatic heterocycles. The maximum atomic E-state index is 13.0. The number of carbonyl (C=O) groups excluding carboxylic acids is 1. The molecule has 0 atom stereocenters. The molecule has 0 spiro atoms. The Hall–Kier alpha value is -4.30. The van der Waals surface area contributed by atoms with E-state index in [1.54, 1.807) is 18.5 Å². The summed E-state index contributed by atoms with van der Waals surface area (Å²) in [5.41, 5.74) is 5.37. The Balaban J connectivity index is 1.37. The minimum atomic E-state index is -0.438. The zero-order valence-electron chi connectivity index (χ0n) is 18.8. The van der Waals surface area contributed by atoms with Crippen LogP contribution >= 0.6 is 11.8 Å². The highest BCUT2D eigenvalue weighted by atomic mass is 32.2. The first-order valence-electron chi connectivity index (χ1n) is 11.1. The SMILES string of the molecule is Cc1ccc(Cn2cc(/C=C3/C(=N)N4N=C(c5cccnc5)SC4=NC3=O)c3ccccc32)cc1. The zero-order valence-corrected chi connectivity index (χ0v) is 19.7. The number of hydrazone groups is 1. The predicted octanol–water partition coefficient (Wildman–Crippen LogP) is 5.06. The summed E-state index contributed by atoms with van der Waals surface area (Å²) in [6.45, 7) is 2.78. The van der Waals surface area contributed by atoms with Gasteiger partial charge in [-0.2, -0.15) is 15.1 Å². The van der Waals surface area contributed by atoms with Crippen LogP contribution in [0.1, 0.15) is 22.3 Å². The van der Waals surface area contributed by atoms with Crippen LogP contribution in [0, 0.1) is 12.3 Å². The van der Waals surface area contributed by atoms with Crippen molar-refractivity contribution in [3.05, 3.63) is 107 Å². The molecule has 0 saturated heterocycles. The topological polar surface area (TPSA) is 86.7 Å². The van der Waals surface area contributed by atoms with Gasteiger partial charge < -0.3 is 4.57 Å². The maximum absolute atomic E-state index is 13.0. The number of nitrogens with zero attached hydrogens (tertiary/aromatic N) is 5. The summed E-state index contributed by atoms with van der Waals surface area (Å²) >= 11 is 1.27. The van der Waals surface area contributed by atoms with Gasteiger partial charge in [-0.3, -0.25) is 15.2 Å². The number of hydrogen-bond acceptors (Lipinski definition) is 5. The Morgan fingerprint density at radius 1 is 1.06 bits per heavy atom. The molecule has 35 heavy (non-hydrogen) atoms. The number of aromatic nitrogens is 2. The molecule has 0 aliphatic carbocycles. The molecule has 0 unspecified atom stereocenters. The summed E-state index contributed by atoms with van der Waals surface area (Å²) in [6, 6.07) is 20.3. The monoisotopic (exact) mass is 476 g/mol. The highest BCUT2D eigenvalue weighted by molar-refractivity contribution is 8.27. The van der Waals surface area contributed by atoms with Gasteiger partial charge in [0, 0.05) is 47.2 Å². The first kappa shape index (κ1) is 21.2. The van der Waals surface area contributed by atoms with Gasteiger partial charge in [0.15, 0.2) is 5.84 Å². The van der Waals surface area contributed by atoms with Crippen molar-refractivity contribution in [2.75, 3.05) is 0 Å². The Morgan fingerprint density at radius 3 is 2.69 bits per heavy atom. The second-order valence-electron chi connectivity index (χ2n) is 8.38. The van der Waals surface area contributed by atoms with Crippen LogP contribution in [-0.2, 0) is 11.3 Å². The highest BCUT2D eigenvalue weighted by Gasteiger charge is 2.36. The average molecular weight is 477 g/mol. The number of carbonyl (C=O) groups is 1. The van der Waals surface area contributed by atoms with E-state index in [1.807, 2.05) is 36.5 Å². The molecule has 4 aromatic rings. The highest BCUT2D eigenvalue weighted by Crippen LogP contribution is 2.32. The molecule has 0 saturated carbocycles. The minimum absolute atomic E-state index is 0.0155. The number of para-hydroxylation sites is 1. The lowest BCUT2D eigenvalue weighted by Crippen LogP contribution is -2.35. The van der Waals surface area contributed by atoms with Crippen molar-refractivity contribution < 1.29 is 4.79 Å². The number of nitrogens with one attached hydrogen (secondary N) is 1. The number of benzene rings is 2. The van der Waals surface area contributed by atoms with Gasteiger partial charge in [-0.15, -0.1) is 0 Å². The van der Waals surface area contributed by atoms with Crippen LogP contribution in [0.15, 0.2) is 94.9 Å². The van der Waals surface area contributed by atoms with Crippen molar-refractivity contribution in [1.29, 1.82) is 5.41 Å². The third kappa shape index (κ3) is 3.87. The summed E-state index contributed by atoms with van der Waals surface area (Å²) < 4.78 is 2.17. The summed E-state index contributed by atoms with van der Waals surface area (Å²) in [5, 5.41) is 16.7. The van der Waals surface area contributed by atoms with E-state index in [0.29, 0.717) is 16.8 Å². The number of pyridine rings is 1. The normalized spacial score (nSPS) is 16.6. The quantitative estimate of drug-likeness (QED) is 0.417. The molecular formula is C27H20N6OS. The van der Waals surface area contributed by atoms with Gasteiger partial charge in [0.1, 0.15) is 5.04 Å². The van der Waals surface area contributed by atoms with E-state index in [4.69, 9.17) is 5.41 Å². The van der Waals surface area contributed by atoms with Crippen LogP contribution in [0.2, 0.25) is 0 Å². The lowest BCUT2D eigenvalue weighted by atomic mass is 10.1. The van der Waals surface area contributed by atoms with Crippen molar-refractivity contribution in [1.82, 2.24) is 14.6 Å².